The number of carboxylic acids is 1. The molecule has 1 saturated heterocycles. The van der Waals surface area contributed by atoms with Crippen molar-refractivity contribution in [1.29, 1.82) is 0 Å². The van der Waals surface area contributed by atoms with Crippen LogP contribution in [-0.2, 0) is 0 Å². The smallest absolute Gasteiger partial charge is 0.339 e. The van der Waals surface area contributed by atoms with Gasteiger partial charge in [-0.2, -0.15) is 0 Å². The molecule has 2 aromatic carbocycles. The maximum atomic E-state index is 14.2. The highest BCUT2D eigenvalue weighted by Gasteiger charge is 2.34. The molecule has 5 rings (SSSR count). The predicted octanol–water partition coefficient (Wildman–Crippen LogP) is 4.17. The first kappa shape index (κ1) is 21.4. The Bertz CT molecular complexity index is 1360. The molecular formula is C25H24FN3O4. The van der Waals surface area contributed by atoms with Crippen molar-refractivity contribution in [3.63, 3.8) is 0 Å². The Hall–Kier alpha value is -3.49. The summed E-state index contributed by atoms with van der Waals surface area (Å²) in [7, 11) is 2.05. The monoisotopic (exact) mass is 449 g/mol. The SMILES string of the molecule is Cc1oc2c(c1C(=O)O)c(C(c1ccncc1)N1CCN(C)CC1)c(O)c1cc(F)ccc12. The van der Waals surface area contributed by atoms with Crippen LogP contribution >= 0.6 is 0 Å². The minimum atomic E-state index is -1.14. The minimum absolute atomic E-state index is 0.00899. The number of rotatable bonds is 4. The number of furan rings is 1. The van der Waals surface area contributed by atoms with E-state index >= 15 is 0 Å². The zero-order valence-electron chi connectivity index (χ0n) is 18.4. The van der Waals surface area contributed by atoms with Crippen LogP contribution in [0.25, 0.3) is 21.7 Å². The lowest BCUT2D eigenvalue weighted by Gasteiger charge is -2.39. The Labute approximate surface area is 189 Å². The van der Waals surface area contributed by atoms with E-state index in [1.165, 1.54) is 18.2 Å². The number of likely N-dealkylation sites (N-methyl/N-ethyl adjacent to an activating group) is 1. The third-order valence-electron chi connectivity index (χ3n) is 6.50. The molecule has 0 radical (unpaired) electrons. The number of aromatic nitrogens is 1. The van der Waals surface area contributed by atoms with E-state index in [2.05, 4.69) is 21.8 Å². The van der Waals surface area contributed by atoms with Crippen molar-refractivity contribution < 1.29 is 23.8 Å². The zero-order chi connectivity index (χ0) is 23.3. The number of halogens is 1. The van der Waals surface area contributed by atoms with E-state index < -0.39 is 17.8 Å². The van der Waals surface area contributed by atoms with Gasteiger partial charge in [-0.15, -0.1) is 0 Å². The van der Waals surface area contributed by atoms with Crippen LogP contribution in [0.15, 0.2) is 47.1 Å². The number of carbonyl (C=O) groups is 1. The quantitative estimate of drug-likeness (QED) is 0.483. The summed E-state index contributed by atoms with van der Waals surface area (Å²) in [5.74, 6) is -1.53. The van der Waals surface area contributed by atoms with Gasteiger partial charge in [0, 0.05) is 60.3 Å². The third kappa shape index (κ3) is 3.51. The highest BCUT2D eigenvalue weighted by atomic mass is 19.1. The van der Waals surface area contributed by atoms with Gasteiger partial charge in [0.25, 0.3) is 0 Å². The molecule has 33 heavy (non-hydrogen) atoms. The van der Waals surface area contributed by atoms with Crippen molar-refractivity contribution in [2.24, 2.45) is 0 Å². The molecule has 0 bridgehead atoms. The molecule has 4 aromatic rings. The molecule has 3 heterocycles. The average Bonchev–Trinajstić information content (AvgIpc) is 3.15. The van der Waals surface area contributed by atoms with Gasteiger partial charge >= 0.3 is 5.97 Å². The molecule has 1 unspecified atom stereocenters. The highest BCUT2D eigenvalue weighted by Crippen LogP contribution is 2.47. The molecule has 1 atom stereocenters. The van der Waals surface area contributed by atoms with Crippen molar-refractivity contribution >= 4 is 27.7 Å². The normalized spacial score (nSPS) is 16.5. The van der Waals surface area contributed by atoms with Crippen LogP contribution in [0.3, 0.4) is 0 Å². The van der Waals surface area contributed by atoms with E-state index in [0.717, 1.165) is 18.7 Å². The number of hydrogen-bond donors (Lipinski definition) is 2. The lowest BCUT2D eigenvalue weighted by Crippen LogP contribution is -2.46. The number of piperazine rings is 1. The Balaban J connectivity index is 1.90. The molecule has 8 heteroatoms. The van der Waals surface area contributed by atoms with Crippen LogP contribution in [0.2, 0.25) is 0 Å². The van der Waals surface area contributed by atoms with E-state index in [9.17, 15) is 19.4 Å². The molecule has 2 aromatic heterocycles. The van der Waals surface area contributed by atoms with Gasteiger partial charge in [-0.3, -0.25) is 9.88 Å². The van der Waals surface area contributed by atoms with E-state index in [0.29, 0.717) is 35.0 Å². The van der Waals surface area contributed by atoms with Crippen molar-refractivity contribution in [1.82, 2.24) is 14.8 Å². The number of benzene rings is 2. The van der Waals surface area contributed by atoms with Gasteiger partial charge in [0.15, 0.2) is 0 Å². The summed E-state index contributed by atoms with van der Waals surface area (Å²) < 4.78 is 20.2. The topological polar surface area (TPSA) is 90.0 Å². The van der Waals surface area contributed by atoms with Gasteiger partial charge in [0.1, 0.15) is 28.5 Å². The van der Waals surface area contributed by atoms with Crippen LogP contribution in [0.1, 0.15) is 33.3 Å². The van der Waals surface area contributed by atoms with E-state index in [1.54, 1.807) is 19.3 Å². The fourth-order valence-electron chi connectivity index (χ4n) is 4.87. The summed E-state index contributed by atoms with van der Waals surface area (Å²) in [5, 5.41) is 22.7. The molecule has 7 nitrogen and oxygen atoms in total. The molecule has 0 amide bonds. The van der Waals surface area contributed by atoms with Crippen LogP contribution < -0.4 is 0 Å². The maximum Gasteiger partial charge on any atom is 0.339 e. The Morgan fingerprint density at radius 3 is 2.48 bits per heavy atom. The molecule has 1 fully saturated rings. The van der Waals surface area contributed by atoms with Crippen LogP contribution in [-0.4, -0.2) is 64.2 Å². The van der Waals surface area contributed by atoms with E-state index in [1.807, 2.05) is 12.1 Å². The Kier molecular flexibility index (Phi) is 5.26. The number of fused-ring (bicyclic) bond motifs is 3. The first-order valence-corrected chi connectivity index (χ1v) is 10.8. The second-order valence-electron chi connectivity index (χ2n) is 8.52. The summed E-state index contributed by atoms with van der Waals surface area (Å²) in [6.07, 6.45) is 3.35. The van der Waals surface area contributed by atoms with Crippen molar-refractivity contribution in [3.8, 4) is 5.75 Å². The predicted molar refractivity (Wildman–Crippen MR) is 122 cm³/mol. The van der Waals surface area contributed by atoms with Gasteiger partial charge in [-0.05, 0) is 49.9 Å². The number of aromatic carboxylic acids is 1. The van der Waals surface area contributed by atoms with Gasteiger partial charge in [-0.1, -0.05) is 0 Å². The van der Waals surface area contributed by atoms with Gasteiger partial charge in [0.2, 0.25) is 0 Å². The molecule has 1 aliphatic rings. The summed E-state index contributed by atoms with van der Waals surface area (Å²) in [6.45, 7) is 4.67. The number of phenolic OH excluding ortho intramolecular Hbond substituents is 1. The summed E-state index contributed by atoms with van der Waals surface area (Å²) in [6, 6.07) is 7.31. The third-order valence-corrected chi connectivity index (χ3v) is 6.50. The lowest BCUT2D eigenvalue weighted by molar-refractivity contribution is 0.0696. The highest BCUT2D eigenvalue weighted by molar-refractivity contribution is 6.16. The molecule has 1 aliphatic heterocycles. The number of phenols is 1. The Morgan fingerprint density at radius 2 is 1.82 bits per heavy atom. The molecule has 0 spiro atoms. The van der Waals surface area contributed by atoms with Crippen LogP contribution in [0.5, 0.6) is 5.75 Å². The molecule has 0 saturated carbocycles. The van der Waals surface area contributed by atoms with E-state index in [-0.39, 0.29) is 22.5 Å². The Morgan fingerprint density at radius 1 is 1.12 bits per heavy atom. The van der Waals surface area contributed by atoms with E-state index in [4.69, 9.17) is 4.42 Å². The first-order chi connectivity index (χ1) is 15.9. The second kappa shape index (κ2) is 8.13. The number of carboxylic acid groups (broad SMARTS) is 1. The maximum absolute atomic E-state index is 14.2. The molecule has 2 N–H and O–H groups in total. The second-order valence-corrected chi connectivity index (χ2v) is 8.52. The van der Waals surface area contributed by atoms with Crippen molar-refractivity contribution in [2.45, 2.75) is 13.0 Å². The lowest BCUT2D eigenvalue weighted by atomic mass is 9.89. The summed E-state index contributed by atoms with van der Waals surface area (Å²) in [4.78, 5) is 20.8. The van der Waals surface area contributed by atoms with Crippen molar-refractivity contribution in [2.75, 3.05) is 33.2 Å². The number of pyridine rings is 1. The molecule has 0 aliphatic carbocycles. The van der Waals surface area contributed by atoms with Gasteiger partial charge in [0.05, 0.1) is 6.04 Å². The minimum Gasteiger partial charge on any atom is -0.507 e. The number of hydrogen-bond acceptors (Lipinski definition) is 6. The zero-order valence-corrected chi connectivity index (χ0v) is 18.4. The number of aromatic hydroxyl groups is 1. The fourth-order valence-corrected chi connectivity index (χ4v) is 4.87. The first-order valence-electron chi connectivity index (χ1n) is 10.8. The van der Waals surface area contributed by atoms with Crippen LogP contribution in [0.4, 0.5) is 4.39 Å². The molecule has 170 valence electrons. The summed E-state index contributed by atoms with van der Waals surface area (Å²) in [5.41, 5.74) is 1.61. The van der Waals surface area contributed by atoms with Gasteiger partial charge in [-0.25, -0.2) is 9.18 Å². The average molecular weight is 449 g/mol. The van der Waals surface area contributed by atoms with Gasteiger partial charge < -0.3 is 19.5 Å². The largest absolute Gasteiger partial charge is 0.507 e. The van der Waals surface area contributed by atoms with Crippen LogP contribution in [0, 0.1) is 12.7 Å². The number of aryl methyl sites for hydroxylation is 1. The summed E-state index contributed by atoms with van der Waals surface area (Å²) >= 11 is 0. The fraction of sp³-hybridized carbons (Fsp3) is 0.280. The standard InChI is InChI=1S/C25H24FN3O4/c1-14-19(25(31)32)20-21(23(30)18-13-16(26)3-4-17(18)24(20)33-14)22(15-5-7-27-8-6-15)29-11-9-28(2)10-12-29/h3-8,13,22,30H,9-12H2,1-2H3,(H,31,32). The molecular weight excluding hydrogens is 425 g/mol. The number of nitrogens with zero attached hydrogens (tertiary/aromatic N) is 3. The van der Waals surface area contributed by atoms with Crippen molar-refractivity contribution in [3.05, 3.63) is 71.0 Å².